The molecule has 0 amide bonds. The summed E-state index contributed by atoms with van der Waals surface area (Å²) in [6.07, 6.45) is 3.34. The zero-order valence-electron chi connectivity index (χ0n) is 10.5. The fourth-order valence-corrected chi connectivity index (χ4v) is 1.81. The van der Waals surface area contributed by atoms with E-state index in [1.165, 1.54) is 0 Å². The lowest BCUT2D eigenvalue weighted by Crippen LogP contribution is -2.16. The molecule has 0 bridgehead atoms. The summed E-state index contributed by atoms with van der Waals surface area (Å²) >= 11 is 0. The molecule has 0 fully saturated rings. The Balaban J connectivity index is 2.61. The lowest BCUT2D eigenvalue weighted by atomic mass is 9.94. The normalized spacial score (nSPS) is 12.1. The fraction of sp³-hybridized carbons (Fsp3) is 0.500. The summed E-state index contributed by atoms with van der Waals surface area (Å²) in [7, 11) is 1.62. The third kappa shape index (κ3) is 4.47. The van der Waals surface area contributed by atoms with Gasteiger partial charge in [0.2, 0.25) is 0 Å². The molecule has 0 spiro atoms. The molecule has 0 heterocycles. The van der Waals surface area contributed by atoms with Crippen molar-refractivity contribution in [1.29, 1.82) is 0 Å². The topological polar surface area (TPSA) is 46.5 Å². The van der Waals surface area contributed by atoms with Crippen LogP contribution in [0.25, 0.3) is 0 Å². The summed E-state index contributed by atoms with van der Waals surface area (Å²) in [5.41, 5.74) is 1.05. The Morgan fingerprint density at radius 1 is 1.35 bits per heavy atom. The molecule has 0 aliphatic carbocycles. The molecule has 3 nitrogen and oxygen atoms in total. The van der Waals surface area contributed by atoms with Crippen LogP contribution in [0, 0.1) is 5.92 Å². The zero-order valence-corrected chi connectivity index (χ0v) is 10.5. The first-order valence-corrected chi connectivity index (χ1v) is 6.03. The lowest BCUT2D eigenvalue weighted by Gasteiger charge is -2.12. The van der Waals surface area contributed by atoms with Crippen LogP contribution in [0.4, 0.5) is 0 Å². The Labute approximate surface area is 102 Å². The van der Waals surface area contributed by atoms with E-state index in [-0.39, 0.29) is 5.92 Å². The van der Waals surface area contributed by atoms with Crippen LogP contribution in [0.5, 0.6) is 5.75 Å². The van der Waals surface area contributed by atoms with E-state index in [0.29, 0.717) is 6.42 Å². The number of methoxy groups -OCH3 is 1. The third-order valence-electron chi connectivity index (χ3n) is 2.90. The van der Waals surface area contributed by atoms with Crippen LogP contribution in [0.3, 0.4) is 0 Å². The largest absolute Gasteiger partial charge is 0.497 e. The quantitative estimate of drug-likeness (QED) is 0.791. The van der Waals surface area contributed by atoms with E-state index in [9.17, 15) is 4.79 Å². The van der Waals surface area contributed by atoms with Gasteiger partial charge in [0.1, 0.15) is 5.75 Å². The van der Waals surface area contributed by atoms with Crippen molar-refractivity contribution in [3.63, 3.8) is 0 Å². The third-order valence-corrected chi connectivity index (χ3v) is 2.90. The van der Waals surface area contributed by atoms with E-state index in [1.54, 1.807) is 7.11 Å². The van der Waals surface area contributed by atoms with Crippen molar-refractivity contribution in [2.24, 2.45) is 5.92 Å². The van der Waals surface area contributed by atoms with E-state index in [0.717, 1.165) is 30.6 Å². The van der Waals surface area contributed by atoms with E-state index in [2.05, 4.69) is 6.92 Å². The molecule has 3 heteroatoms. The molecule has 17 heavy (non-hydrogen) atoms. The molecule has 0 saturated carbocycles. The van der Waals surface area contributed by atoms with Crippen molar-refractivity contribution in [3.05, 3.63) is 29.8 Å². The SMILES string of the molecule is CCCC[C@H](Cc1ccc(OC)cc1)C(=O)O. The van der Waals surface area contributed by atoms with Gasteiger partial charge in [-0.15, -0.1) is 0 Å². The molecule has 1 aromatic rings. The highest BCUT2D eigenvalue weighted by atomic mass is 16.5. The Morgan fingerprint density at radius 2 is 2.00 bits per heavy atom. The minimum atomic E-state index is -0.700. The number of hydrogen-bond donors (Lipinski definition) is 1. The van der Waals surface area contributed by atoms with Crippen LogP contribution in [-0.2, 0) is 11.2 Å². The molecule has 0 unspecified atom stereocenters. The van der Waals surface area contributed by atoms with Gasteiger partial charge in [-0.3, -0.25) is 4.79 Å². The van der Waals surface area contributed by atoms with Crippen LogP contribution < -0.4 is 4.74 Å². The molecule has 0 saturated heterocycles. The van der Waals surface area contributed by atoms with Gasteiger partial charge in [-0.05, 0) is 30.5 Å². The van der Waals surface area contributed by atoms with Gasteiger partial charge >= 0.3 is 5.97 Å². The van der Waals surface area contributed by atoms with Crippen LogP contribution in [0.15, 0.2) is 24.3 Å². The minimum absolute atomic E-state index is 0.275. The number of carboxylic acid groups (broad SMARTS) is 1. The summed E-state index contributed by atoms with van der Waals surface area (Å²) in [5.74, 6) is -0.174. The molecular formula is C14H20O3. The number of benzene rings is 1. The van der Waals surface area contributed by atoms with Crippen molar-refractivity contribution in [2.45, 2.75) is 32.6 Å². The van der Waals surface area contributed by atoms with Gasteiger partial charge in [0.05, 0.1) is 13.0 Å². The Hall–Kier alpha value is -1.51. The number of hydrogen-bond acceptors (Lipinski definition) is 2. The zero-order chi connectivity index (χ0) is 12.7. The van der Waals surface area contributed by atoms with Crippen LogP contribution in [0.1, 0.15) is 31.7 Å². The summed E-state index contributed by atoms with van der Waals surface area (Å²) in [6, 6.07) is 7.60. The number of carbonyl (C=O) groups is 1. The second-order valence-corrected chi connectivity index (χ2v) is 4.23. The van der Waals surface area contributed by atoms with Gasteiger partial charge in [-0.2, -0.15) is 0 Å². The Bertz CT molecular complexity index is 343. The first-order valence-electron chi connectivity index (χ1n) is 6.03. The summed E-state index contributed by atoms with van der Waals surface area (Å²) in [4.78, 5) is 11.1. The molecule has 1 atom stereocenters. The van der Waals surface area contributed by atoms with Gasteiger partial charge in [-0.1, -0.05) is 31.9 Å². The van der Waals surface area contributed by atoms with E-state index in [1.807, 2.05) is 24.3 Å². The summed E-state index contributed by atoms with van der Waals surface area (Å²) in [5, 5.41) is 9.14. The standard InChI is InChI=1S/C14H20O3/c1-3-4-5-12(14(15)16)10-11-6-8-13(17-2)9-7-11/h6-9,12H,3-5,10H2,1-2H3,(H,15,16)/t12-/m1/s1. The first kappa shape index (κ1) is 13.6. The highest BCUT2D eigenvalue weighted by Gasteiger charge is 2.17. The molecule has 0 aliphatic rings. The van der Waals surface area contributed by atoms with Crippen LogP contribution >= 0.6 is 0 Å². The minimum Gasteiger partial charge on any atom is -0.497 e. The number of carboxylic acids is 1. The maximum atomic E-state index is 11.1. The van der Waals surface area contributed by atoms with Crippen molar-refractivity contribution >= 4 is 5.97 Å². The molecule has 94 valence electrons. The van der Waals surface area contributed by atoms with E-state index < -0.39 is 5.97 Å². The number of aliphatic carboxylic acids is 1. The average Bonchev–Trinajstić information content (AvgIpc) is 2.35. The predicted molar refractivity (Wildman–Crippen MR) is 67.3 cm³/mol. The lowest BCUT2D eigenvalue weighted by molar-refractivity contribution is -0.141. The second kappa shape index (κ2) is 6.94. The average molecular weight is 236 g/mol. The molecule has 1 N–H and O–H groups in total. The van der Waals surface area contributed by atoms with Gasteiger partial charge < -0.3 is 9.84 Å². The number of unbranched alkanes of at least 4 members (excludes halogenated alkanes) is 1. The molecule has 1 aromatic carbocycles. The van der Waals surface area contributed by atoms with Crippen molar-refractivity contribution < 1.29 is 14.6 Å². The Morgan fingerprint density at radius 3 is 2.47 bits per heavy atom. The Kier molecular flexibility index (Phi) is 5.53. The molecule has 0 radical (unpaired) electrons. The summed E-state index contributed by atoms with van der Waals surface area (Å²) in [6.45, 7) is 2.08. The second-order valence-electron chi connectivity index (χ2n) is 4.23. The molecule has 0 aromatic heterocycles. The maximum Gasteiger partial charge on any atom is 0.306 e. The summed E-state index contributed by atoms with van der Waals surface area (Å²) < 4.78 is 5.07. The van der Waals surface area contributed by atoms with Gasteiger partial charge in [0.25, 0.3) is 0 Å². The van der Waals surface area contributed by atoms with Crippen LogP contribution in [0.2, 0.25) is 0 Å². The monoisotopic (exact) mass is 236 g/mol. The van der Waals surface area contributed by atoms with E-state index >= 15 is 0 Å². The number of rotatable bonds is 7. The molecule has 0 aliphatic heterocycles. The van der Waals surface area contributed by atoms with Gasteiger partial charge in [-0.25, -0.2) is 0 Å². The maximum absolute atomic E-state index is 11.1. The van der Waals surface area contributed by atoms with Gasteiger partial charge in [0, 0.05) is 0 Å². The highest BCUT2D eigenvalue weighted by Crippen LogP contribution is 2.18. The first-order chi connectivity index (χ1) is 8.17. The fourth-order valence-electron chi connectivity index (χ4n) is 1.81. The molecule has 1 rings (SSSR count). The van der Waals surface area contributed by atoms with E-state index in [4.69, 9.17) is 9.84 Å². The highest BCUT2D eigenvalue weighted by molar-refractivity contribution is 5.70. The number of ether oxygens (including phenoxy) is 1. The smallest absolute Gasteiger partial charge is 0.306 e. The predicted octanol–water partition coefficient (Wildman–Crippen LogP) is 3.13. The molecular weight excluding hydrogens is 216 g/mol. The van der Waals surface area contributed by atoms with Crippen molar-refractivity contribution in [1.82, 2.24) is 0 Å². The van der Waals surface area contributed by atoms with Crippen LogP contribution in [-0.4, -0.2) is 18.2 Å². The van der Waals surface area contributed by atoms with Crippen molar-refractivity contribution in [2.75, 3.05) is 7.11 Å². The van der Waals surface area contributed by atoms with Gasteiger partial charge in [0.15, 0.2) is 0 Å². The van der Waals surface area contributed by atoms with Crippen molar-refractivity contribution in [3.8, 4) is 5.75 Å².